The largest absolute Gasteiger partial charge is 0.330 e. The fourth-order valence-electron chi connectivity index (χ4n) is 27.9. The highest BCUT2D eigenvalue weighted by molar-refractivity contribution is 6.17. The minimum Gasteiger partial charge on any atom is -0.330 e. The molecular weight excluding hydrogens is 1770 g/mol. The van der Waals surface area contributed by atoms with Crippen LogP contribution in [-0.4, -0.2) is 134 Å². The van der Waals surface area contributed by atoms with Crippen LogP contribution in [0.25, 0.3) is 0 Å². The first kappa shape index (κ1) is 125. The number of likely N-dealkylation sites (tertiary alicyclic amines) is 1. The number of carbonyl (C=O) groups is 10. The smallest absolute Gasteiger partial charge is 0.277 e. The molecule has 7 rings (SSSR count). The van der Waals surface area contributed by atoms with E-state index in [1.165, 1.54) is 474 Å². The lowest BCUT2D eigenvalue weighted by Crippen LogP contribution is -2.45. The molecule has 13 unspecified atom stereocenters. The van der Waals surface area contributed by atoms with E-state index in [-0.39, 0.29) is 71.2 Å². The molecule has 0 bridgehead atoms. The average molecular weight is 1990 g/mol. The zero-order valence-corrected chi connectivity index (χ0v) is 94.3. The van der Waals surface area contributed by atoms with E-state index in [0.29, 0.717) is 39.3 Å². The summed E-state index contributed by atoms with van der Waals surface area (Å²) in [5.74, 6) is 8.13. The van der Waals surface area contributed by atoms with Crippen LogP contribution in [0.15, 0.2) is 36.1 Å². The molecule has 10 amide bonds. The minimum absolute atomic E-state index is 0.106. The zero-order valence-electron chi connectivity index (χ0n) is 94.3. The number of rotatable bonds is 91. The molecule has 16 heteroatoms. The number of hydrogen-bond donors (Lipinski definition) is 0. The predicted molar refractivity (Wildman–Crippen MR) is 596 cm³/mol. The van der Waals surface area contributed by atoms with Crippen molar-refractivity contribution in [1.29, 1.82) is 0 Å². The first-order chi connectivity index (χ1) is 69.9. The number of nitrogens with zero attached hydrogens (tertiary/aromatic N) is 6. The van der Waals surface area contributed by atoms with Crippen LogP contribution < -0.4 is 0 Å². The topological polar surface area (TPSA) is 190 Å². The first-order valence-electron chi connectivity index (χ1n) is 62.9. The van der Waals surface area contributed by atoms with E-state index in [0.717, 1.165) is 180 Å². The third kappa shape index (κ3) is 48.3. The second-order valence-corrected chi connectivity index (χ2v) is 47.2. The monoisotopic (exact) mass is 1990 g/mol. The Balaban J connectivity index is 0.803. The van der Waals surface area contributed by atoms with Crippen molar-refractivity contribution < 1.29 is 47.9 Å². The molecule has 4 aliphatic heterocycles. The second kappa shape index (κ2) is 78.0. The molecule has 143 heavy (non-hydrogen) atoms. The van der Waals surface area contributed by atoms with Crippen LogP contribution in [0.1, 0.15) is 595 Å². The lowest BCUT2D eigenvalue weighted by Gasteiger charge is -2.44. The Hall–Kier alpha value is -5.28. The van der Waals surface area contributed by atoms with E-state index >= 15 is 0 Å². The van der Waals surface area contributed by atoms with Crippen molar-refractivity contribution in [3.05, 3.63) is 36.1 Å². The molecule has 0 aromatic heterocycles. The van der Waals surface area contributed by atoms with Gasteiger partial charge in [0, 0.05) is 83.5 Å². The Morgan fingerprint density at radius 1 is 0.245 bits per heavy atom. The summed E-state index contributed by atoms with van der Waals surface area (Å²) in [6, 6.07) is -0.679. The molecule has 3 saturated carbocycles. The van der Waals surface area contributed by atoms with Gasteiger partial charge in [0.25, 0.3) is 41.4 Å². The van der Waals surface area contributed by atoms with Crippen LogP contribution in [0.4, 0.5) is 0 Å². The zero-order chi connectivity index (χ0) is 102. The Bertz CT molecular complexity index is 3510. The Morgan fingerprint density at radius 2 is 0.462 bits per heavy atom. The third-order valence-electron chi connectivity index (χ3n) is 36.3. The Kier molecular flexibility index (Phi) is 68.0. The summed E-state index contributed by atoms with van der Waals surface area (Å²) in [6.07, 6.45) is 112. The molecule has 13 atom stereocenters. The van der Waals surface area contributed by atoms with Gasteiger partial charge in [0.1, 0.15) is 11.7 Å². The molecule has 0 radical (unpaired) electrons. The van der Waals surface area contributed by atoms with Gasteiger partial charge in [-0.2, -0.15) is 0 Å². The molecular formula is C127H222N6O10. The maximum atomic E-state index is 14.1. The van der Waals surface area contributed by atoms with Gasteiger partial charge in [-0.25, -0.2) is 0 Å². The van der Waals surface area contributed by atoms with Crippen molar-refractivity contribution in [1.82, 2.24) is 29.4 Å². The third-order valence-corrected chi connectivity index (χ3v) is 36.3. The number of carbonyl (C=O) groups excluding carboxylic acids is 10. The molecule has 4 heterocycles. The molecule has 0 N–H and O–H groups in total. The van der Waals surface area contributed by atoms with Crippen LogP contribution in [0, 0.1) is 71.0 Å². The lowest BCUT2D eigenvalue weighted by molar-refractivity contribution is -0.143. The Labute approximate surface area is 878 Å². The molecule has 1 saturated heterocycles. The SMILES string of the molecule is CCCCCCCCC1C(CCCCCC)CCC(CCCCCCCCN2C(=O)C=CC2=O)C1CCCCCCCCN1C(=O)C=C(N(CCCCCCCCC2C(CCCCCCCCN(C(C)=O)C3CC(=O)N(CCCCCCCCC4C(CCCCCCCN5C(=O)C=CC5=O)CCC(CCCCCC)C4CCCCCCCC)C3=O)CCC(CCCCCC)C2CCCCCCCC)C(C)=O)C1=O. The molecule has 0 spiro atoms. The number of amides is 10. The Morgan fingerprint density at radius 3 is 0.720 bits per heavy atom. The minimum atomic E-state index is -0.679. The van der Waals surface area contributed by atoms with Gasteiger partial charge in [-0.3, -0.25) is 67.5 Å². The van der Waals surface area contributed by atoms with Gasteiger partial charge in [-0.1, -0.05) is 459 Å². The van der Waals surface area contributed by atoms with Gasteiger partial charge in [-0.05, 0) is 187 Å². The number of unbranched alkanes of at least 4 members (excludes halogenated alkanes) is 53. The van der Waals surface area contributed by atoms with Gasteiger partial charge >= 0.3 is 0 Å². The molecule has 0 aromatic carbocycles. The van der Waals surface area contributed by atoms with Gasteiger partial charge in [0.2, 0.25) is 17.7 Å². The maximum absolute atomic E-state index is 14.1. The van der Waals surface area contributed by atoms with Gasteiger partial charge in [-0.15, -0.1) is 0 Å². The van der Waals surface area contributed by atoms with Crippen LogP contribution in [-0.2, 0) is 47.9 Å². The molecule has 7 aliphatic rings. The lowest BCUT2D eigenvalue weighted by atomic mass is 9.61. The van der Waals surface area contributed by atoms with E-state index in [1.807, 2.05) is 0 Å². The molecule has 0 aromatic rings. The fourth-order valence-corrected chi connectivity index (χ4v) is 27.9. The molecule has 3 aliphatic carbocycles. The van der Waals surface area contributed by atoms with E-state index in [9.17, 15) is 47.9 Å². The van der Waals surface area contributed by atoms with Gasteiger partial charge in [0.05, 0.1) is 6.42 Å². The number of hydrogen-bond acceptors (Lipinski definition) is 10. The summed E-state index contributed by atoms with van der Waals surface area (Å²) in [7, 11) is 0. The first-order valence-corrected chi connectivity index (χ1v) is 62.9. The number of imide groups is 4. The highest BCUT2D eigenvalue weighted by Gasteiger charge is 2.45. The maximum Gasteiger partial charge on any atom is 0.277 e. The second-order valence-electron chi connectivity index (χ2n) is 47.2. The highest BCUT2D eigenvalue weighted by Crippen LogP contribution is 2.52. The van der Waals surface area contributed by atoms with Crippen molar-refractivity contribution in [2.75, 3.05) is 39.3 Å². The molecule has 16 nitrogen and oxygen atoms in total. The average Bonchev–Trinajstić information content (AvgIpc) is 0.900. The van der Waals surface area contributed by atoms with E-state index in [1.54, 1.807) is 23.6 Å². The molecule has 820 valence electrons. The van der Waals surface area contributed by atoms with Crippen molar-refractivity contribution in [3.8, 4) is 0 Å². The summed E-state index contributed by atoms with van der Waals surface area (Å²) < 4.78 is 0. The quantitative estimate of drug-likeness (QED) is 0.0418. The van der Waals surface area contributed by atoms with E-state index in [4.69, 9.17) is 0 Å². The van der Waals surface area contributed by atoms with Gasteiger partial charge in [0.15, 0.2) is 0 Å². The van der Waals surface area contributed by atoms with Crippen molar-refractivity contribution >= 4 is 59.1 Å². The van der Waals surface area contributed by atoms with Crippen LogP contribution in [0.5, 0.6) is 0 Å². The highest BCUT2D eigenvalue weighted by atomic mass is 16.2. The van der Waals surface area contributed by atoms with Crippen LogP contribution >= 0.6 is 0 Å². The normalized spacial score (nSPS) is 22.6. The summed E-state index contributed by atoms with van der Waals surface area (Å²) in [4.78, 5) is 139. The summed E-state index contributed by atoms with van der Waals surface area (Å²) in [5.41, 5.74) is 0.258. The molecule has 4 fully saturated rings. The summed E-state index contributed by atoms with van der Waals surface area (Å²) >= 11 is 0. The summed E-state index contributed by atoms with van der Waals surface area (Å²) in [5, 5.41) is 0. The standard InChI is InChI=1S/C127H222N6O10/c1-9-15-21-27-44-62-80-112-106(74-56-24-18-12-4)86-89-109(77-59-41-30-35-50-68-96-128(104(7)134)118-102-124(140)132(126(118)142)100-72-54-39-34-49-67-85-117-111(79-61-43-40-55-71-99-131-122(138)94-95-123(131)139)91-88-108(76-58-26-20-14-6)114(117)82-64-46-29-23-17-11-3)115(112)83-65-47-32-37-51-69-97-129(105(8)135)119-103-125(141)133(127(119)143)101-73-53-38-33-48-66-84-116-110(78-60-42-31-36-52-70-98-130-120(136)92-93-121(130)137)90-87-107(75-57-25-19-13-5)113(116)81-63-45-28-22-16-10-2/h92-95,103,106-118H,9-91,96-102H2,1-8H3. The van der Waals surface area contributed by atoms with Crippen molar-refractivity contribution in [2.45, 2.75) is 601 Å². The van der Waals surface area contributed by atoms with E-state index in [2.05, 4.69) is 41.5 Å². The van der Waals surface area contributed by atoms with Crippen molar-refractivity contribution in [2.24, 2.45) is 71.0 Å². The van der Waals surface area contributed by atoms with E-state index < -0.39 is 6.04 Å². The van der Waals surface area contributed by atoms with Gasteiger partial charge < -0.3 is 9.80 Å². The van der Waals surface area contributed by atoms with Crippen LogP contribution in [0.3, 0.4) is 0 Å². The predicted octanol–water partition coefficient (Wildman–Crippen LogP) is 33.8. The summed E-state index contributed by atoms with van der Waals surface area (Å²) in [6.45, 7) is 20.0. The fraction of sp³-hybridized carbons (Fsp3) is 0.874. The van der Waals surface area contributed by atoms with Crippen LogP contribution in [0.2, 0.25) is 0 Å². The van der Waals surface area contributed by atoms with Crippen molar-refractivity contribution in [3.63, 3.8) is 0 Å².